The first-order valence-corrected chi connectivity index (χ1v) is 6.47. The molecule has 0 aliphatic heterocycles. The maximum atomic E-state index is 5.32. The lowest BCUT2D eigenvalue weighted by Gasteiger charge is -2.12. The van der Waals surface area contributed by atoms with Crippen LogP contribution < -0.4 is 10.1 Å². The molecule has 0 fully saturated rings. The molecule has 1 heterocycles. The number of nitrogens with one attached hydrogen (secondary N) is 1. The predicted molar refractivity (Wildman–Crippen MR) is 77.0 cm³/mol. The van der Waals surface area contributed by atoms with Crippen LogP contribution in [0.2, 0.25) is 0 Å². The average molecular weight is 307 g/mol. The van der Waals surface area contributed by atoms with Crippen LogP contribution >= 0.6 is 15.9 Å². The van der Waals surface area contributed by atoms with Gasteiger partial charge in [0.15, 0.2) is 0 Å². The van der Waals surface area contributed by atoms with Crippen LogP contribution in [0.1, 0.15) is 11.1 Å². The number of aromatic nitrogens is 1. The Balaban J connectivity index is 2.15. The van der Waals surface area contributed by atoms with Gasteiger partial charge in [0, 0.05) is 23.4 Å². The molecule has 1 N–H and O–H groups in total. The highest BCUT2D eigenvalue weighted by Crippen LogP contribution is 2.28. The second-order valence-electron chi connectivity index (χ2n) is 4.00. The molecule has 4 heteroatoms. The molecule has 3 nitrogen and oxygen atoms in total. The molecule has 0 spiro atoms. The van der Waals surface area contributed by atoms with E-state index in [9.17, 15) is 0 Å². The van der Waals surface area contributed by atoms with E-state index >= 15 is 0 Å². The second kappa shape index (κ2) is 5.87. The fourth-order valence-corrected chi connectivity index (χ4v) is 2.05. The number of pyridine rings is 1. The third kappa shape index (κ3) is 3.01. The molecule has 0 amide bonds. The molecule has 0 bridgehead atoms. The first-order chi connectivity index (χ1) is 8.70. The van der Waals surface area contributed by atoms with Crippen molar-refractivity contribution in [2.45, 2.75) is 13.5 Å². The Morgan fingerprint density at radius 3 is 2.89 bits per heavy atom. The Bertz CT molecular complexity index is 543. The molecule has 1 aromatic heterocycles. The van der Waals surface area contributed by atoms with E-state index in [2.05, 4.69) is 33.2 Å². The van der Waals surface area contributed by atoms with Gasteiger partial charge in [0.1, 0.15) is 5.75 Å². The molecule has 0 atom stereocenters. The summed E-state index contributed by atoms with van der Waals surface area (Å²) in [5.41, 5.74) is 3.38. The largest absolute Gasteiger partial charge is 0.495 e. The number of aryl methyl sites for hydroxylation is 1. The minimum Gasteiger partial charge on any atom is -0.495 e. The molecule has 0 saturated heterocycles. The van der Waals surface area contributed by atoms with Crippen molar-refractivity contribution < 1.29 is 4.74 Å². The number of halogens is 1. The maximum absolute atomic E-state index is 5.32. The second-order valence-corrected chi connectivity index (χ2v) is 4.92. The van der Waals surface area contributed by atoms with Crippen LogP contribution in [0.5, 0.6) is 5.75 Å². The molecule has 0 saturated carbocycles. The molecule has 94 valence electrons. The highest BCUT2D eigenvalue weighted by molar-refractivity contribution is 9.10. The van der Waals surface area contributed by atoms with Crippen molar-refractivity contribution >= 4 is 21.6 Å². The number of benzene rings is 1. The molecule has 0 unspecified atom stereocenters. The van der Waals surface area contributed by atoms with Gasteiger partial charge in [0.2, 0.25) is 0 Å². The number of rotatable bonds is 4. The SMILES string of the molecule is COc1ccc(Br)cc1NCc1cnccc1C. The fourth-order valence-electron chi connectivity index (χ4n) is 1.69. The van der Waals surface area contributed by atoms with Crippen LogP contribution in [0.3, 0.4) is 0 Å². The summed E-state index contributed by atoms with van der Waals surface area (Å²) in [6, 6.07) is 7.90. The van der Waals surface area contributed by atoms with Crippen molar-refractivity contribution in [1.29, 1.82) is 0 Å². The molecule has 2 rings (SSSR count). The van der Waals surface area contributed by atoms with E-state index in [1.807, 2.05) is 30.5 Å². The van der Waals surface area contributed by atoms with Gasteiger partial charge >= 0.3 is 0 Å². The molecular formula is C14H15BrN2O. The van der Waals surface area contributed by atoms with Gasteiger partial charge in [-0.1, -0.05) is 15.9 Å². The van der Waals surface area contributed by atoms with Crippen LogP contribution in [0.15, 0.2) is 41.1 Å². The van der Waals surface area contributed by atoms with Gasteiger partial charge in [-0.15, -0.1) is 0 Å². The molecule has 0 aliphatic rings. The monoisotopic (exact) mass is 306 g/mol. The Kier molecular flexibility index (Phi) is 4.20. The highest BCUT2D eigenvalue weighted by atomic mass is 79.9. The Hall–Kier alpha value is -1.55. The van der Waals surface area contributed by atoms with E-state index in [0.29, 0.717) is 0 Å². The first kappa shape index (κ1) is 12.9. The molecular weight excluding hydrogens is 292 g/mol. The van der Waals surface area contributed by atoms with E-state index in [1.54, 1.807) is 13.3 Å². The smallest absolute Gasteiger partial charge is 0.142 e. The zero-order valence-corrected chi connectivity index (χ0v) is 12.0. The molecule has 2 aromatic rings. The lowest BCUT2D eigenvalue weighted by molar-refractivity contribution is 0.416. The Labute approximate surface area is 115 Å². The van der Waals surface area contributed by atoms with E-state index in [0.717, 1.165) is 22.5 Å². The lowest BCUT2D eigenvalue weighted by atomic mass is 10.1. The number of methoxy groups -OCH3 is 1. The van der Waals surface area contributed by atoms with Crippen molar-refractivity contribution in [3.05, 3.63) is 52.3 Å². The van der Waals surface area contributed by atoms with Crippen LogP contribution in [0.4, 0.5) is 5.69 Å². The normalized spacial score (nSPS) is 10.2. The van der Waals surface area contributed by atoms with Crippen LogP contribution in [0, 0.1) is 6.92 Å². The summed E-state index contributed by atoms with van der Waals surface area (Å²) in [6.45, 7) is 2.81. The zero-order valence-electron chi connectivity index (χ0n) is 10.4. The third-order valence-corrected chi connectivity index (χ3v) is 3.27. The van der Waals surface area contributed by atoms with E-state index in [1.165, 1.54) is 11.1 Å². The quantitative estimate of drug-likeness (QED) is 0.933. The fraction of sp³-hybridized carbons (Fsp3) is 0.214. The highest BCUT2D eigenvalue weighted by Gasteiger charge is 2.04. The van der Waals surface area contributed by atoms with Gasteiger partial charge in [0.25, 0.3) is 0 Å². The van der Waals surface area contributed by atoms with Crippen molar-refractivity contribution in [3.63, 3.8) is 0 Å². The number of ether oxygens (including phenoxy) is 1. The molecule has 1 aromatic carbocycles. The number of hydrogen-bond acceptors (Lipinski definition) is 3. The summed E-state index contributed by atoms with van der Waals surface area (Å²) >= 11 is 3.46. The lowest BCUT2D eigenvalue weighted by Crippen LogP contribution is -2.03. The van der Waals surface area contributed by atoms with Crippen LogP contribution in [0.25, 0.3) is 0 Å². The van der Waals surface area contributed by atoms with Gasteiger partial charge < -0.3 is 10.1 Å². The predicted octanol–water partition coefficient (Wildman–Crippen LogP) is 3.77. The standard InChI is InChI=1S/C14H15BrN2O/c1-10-5-6-16-8-11(10)9-17-13-7-12(15)3-4-14(13)18-2/h3-8,17H,9H2,1-2H3. The summed E-state index contributed by atoms with van der Waals surface area (Å²) in [6.07, 6.45) is 3.69. The minimum absolute atomic E-state index is 0.729. The van der Waals surface area contributed by atoms with Crippen molar-refractivity contribution in [2.75, 3.05) is 12.4 Å². The van der Waals surface area contributed by atoms with Crippen LogP contribution in [-0.4, -0.2) is 12.1 Å². The van der Waals surface area contributed by atoms with Gasteiger partial charge in [-0.2, -0.15) is 0 Å². The number of hydrogen-bond donors (Lipinski definition) is 1. The maximum Gasteiger partial charge on any atom is 0.142 e. The van der Waals surface area contributed by atoms with Gasteiger partial charge in [-0.3, -0.25) is 4.98 Å². The Morgan fingerprint density at radius 2 is 2.17 bits per heavy atom. The summed E-state index contributed by atoms with van der Waals surface area (Å²) in [4.78, 5) is 4.14. The third-order valence-electron chi connectivity index (χ3n) is 2.78. The summed E-state index contributed by atoms with van der Waals surface area (Å²) < 4.78 is 6.34. The molecule has 0 aliphatic carbocycles. The van der Waals surface area contributed by atoms with Gasteiger partial charge in [0.05, 0.1) is 12.8 Å². The van der Waals surface area contributed by atoms with E-state index in [-0.39, 0.29) is 0 Å². The van der Waals surface area contributed by atoms with Gasteiger partial charge in [-0.05, 0) is 42.3 Å². The summed E-state index contributed by atoms with van der Waals surface area (Å²) in [7, 11) is 1.67. The molecule has 18 heavy (non-hydrogen) atoms. The van der Waals surface area contributed by atoms with Crippen LogP contribution in [-0.2, 0) is 6.54 Å². The number of nitrogens with zero attached hydrogens (tertiary/aromatic N) is 1. The van der Waals surface area contributed by atoms with E-state index < -0.39 is 0 Å². The molecule has 0 radical (unpaired) electrons. The summed E-state index contributed by atoms with van der Waals surface area (Å²) in [5, 5.41) is 3.37. The zero-order chi connectivity index (χ0) is 13.0. The topological polar surface area (TPSA) is 34.1 Å². The average Bonchev–Trinajstić information content (AvgIpc) is 2.38. The van der Waals surface area contributed by atoms with Gasteiger partial charge in [-0.25, -0.2) is 0 Å². The Morgan fingerprint density at radius 1 is 1.33 bits per heavy atom. The van der Waals surface area contributed by atoms with Crippen molar-refractivity contribution in [3.8, 4) is 5.75 Å². The summed E-state index contributed by atoms with van der Waals surface area (Å²) in [5.74, 6) is 0.833. The van der Waals surface area contributed by atoms with Crippen molar-refractivity contribution in [1.82, 2.24) is 4.98 Å². The van der Waals surface area contributed by atoms with Crippen molar-refractivity contribution in [2.24, 2.45) is 0 Å². The minimum atomic E-state index is 0.729. The first-order valence-electron chi connectivity index (χ1n) is 5.67. The number of anilines is 1. The van der Waals surface area contributed by atoms with E-state index in [4.69, 9.17) is 4.74 Å².